The average Bonchev–Trinajstić information content (AvgIpc) is 2.75. The Labute approximate surface area is 179 Å². The number of rotatable bonds is 8. The maximum absolute atomic E-state index is 12.5. The van der Waals surface area contributed by atoms with Gasteiger partial charge in [0.1, 0.15) is 0 Å². The normalized spacial score (nSPS) is 16.8. The van der Waals surface area contributed by atoms with Crippen LogP contribution >= 0.6 is 0 Å². The summed E-state index contributed by atoms with van der Waals surface area (Å²) in [5.41, 5.74) is 2.98. The standard InChI is InChI=1S/C25H32N2O3/c1-3-4-16-30-25(29)22-11-13-23(14-12-22)26-24(28)21-9-7-20(8-10-21)18-27-15-5-6-19(2)17-27/h7-14,19H,3-6,15-18H2,1-2H3,(H,26,28). The molecule has 0 aromatic heterocycles. The van der Waals surface area contributed by atoms with E-state index in [4.69, 9.17) is 4.74 Å². The Bertz CT molecular complexity index is 830. The first kappa shape index (κ1) is 22.0. The molecule has 5 nitrogen and oxygen atoms in total. The van der Waals surface area contributed by atoms with Crippen LogP contribution in [-0.4, -0.2) is 36.5 Å². The zero-order valence-electron chi connectivity index (χ0n) is 18.0. The van der Waals surface area contributed by atoms with E-state index in [1.54, 1.807) is 24.3 Å². The van der Waals surface area contributed by atoms with Gasteiger partial charge in [-0.2, -0.15) is 0 Å². The summed E-state index contributed by atoms with van der Waals surface area (Å²) in [6.45, 7) is 8.01. The quantitative estimate of drug-likeness (QED) is 0.486. The molecular formula is C25H32N2O3. The van der Waals surface area contributed by atoms with E-state index in [2.05, 4.69) is 17.1 Å². The number of nitrogens with zero attached hydrogens (tertiary/aromatic N) is 1. The van der Waals surface area contributed by atoms with E-state index in [1.807, 2.05) is 31.2 Å². The number of esters is 1. The summed E-state index contributed by atoms with van der Waals surface area (Å²) in [6, 6.07) is 14.6. The maximum Gasteiger partial charge on any atom is 0.338 e. The number of hydrogen-bond acceptors (Lipinski definition) is 4. The second-order valence-corrected chi connectivity index (χ2v) is 8.20. The molecule has 1 saturated heterocycles. The number of likely N-dealkylation sites (tertiary alicyclic amines) is 1. The largest absolute Gasteiger partial charge is 0.462 e. The predicted octanol–water partition coefficient (Wildman–Crippen LogP) is 5.13. The minimum atomic E-state index is -0.333. The molecule has 5 heteroatoms. The number of piperidine rings is 1. The lowest BCUT2D eigenvalue weighted by Crippen LogP contribution is -2.33. The van der Waals surface area contributed by atoms with Crippen LogP contribution in [-0.2, 0) is 11.3 Å². The fraction of sp³-hybridized carbons (Fsp3) is 0.440. The van der Waals surface area contributed by atoms with E-state index in [0.717, 1.165) is 38.4 Å². The summed E-state index contributed by atoms with van der Waals surface area (Å²) >= 11 is 0. The molecule has 1 unspecified atom stereocenters. The molecule has 3 rings (SSSR count). The number of carbonyl (C=O) groups is 2. The van der Waals surface area contributed by atoms with E-state index < -0.39 is 0 Å². The highest BCUT2D eigenvalue weighted by Gasteiger charge is 2.16. The molecule has 0 radical (unpaired) electrons. The Hall–Kier alpha value is -2.66. The second-order valence-electron chi connectivity index (χ2n) is 8.20. The van der Waals surface area contributed by atoms with Crippen LogP contribution < -0.4 is 5.32 Å². The zero-order chi connectivity index (χ0) is 21.3. The third-order valence-corrected chi connectivity index (χ3v) is 5.47. The third kappa shape index (κ3) is 6.42. The highest BCUT2D eigenvalue weighted by atomic mass is 16.5. The fourth-order valence-corrected chi connectivity index (χ4v) is 3.74. The average molecular weight is 409 g/mol. The van der Waals surface area contributed by atoms with Gasteiger partial charge >= 0.3 is 5.97 Å². The number of hydrogen-bond donors (Lipinski definition) is 1. The molecule has 0 bridgehead atoms. The van der Waals surface area contributed by atoms with Crippen LogP contribution in [0.15, 0.2) is 48.5 Å². The van der Waals surface area contributed by atoms with E-state index >= 15 is 0 Å². The van der Waals surface area contributed by atoms with Gasteiger partial charge in [-0.3, -0.25) is 9.69 Å². The van der Waals surface area contributed by atoms with Crippen LogP contribution in [0, 0.1) is 5.92 Å². The molecule has 2 aromatic carbocycles. The number of ether oxygens (including phenoxy) is 1. The van der Waals surface area contributed by atoms with Gasteiger partial charge in [-0.1, -0.05) is 32.4 Å². The molecular weight excluding hydrogens is 376 g/mol. The molecule has 0 spiro atoms. The topological polar surface area (TPSA) is 58.6 Å². The Morgan fingerprint density at radius 3 is 2.43 bits per heavy atom. The van der Waals surface area contributed by atoms with Gasteiger partial charge in [-0.25, -0.2) is 4.79 Å². The molecule has 1 N–H and O–H groups in total. The SMILES string of the molecule is CCCCOC(=O)c1ccc(NC(=O)c2ccc(CN3CCCC(C)C3)cc2)cc1. The minimum absolute atomic E-state index is 0.161. The van der Waals surface area contributed by atoms with Gasteiger partial charge in [0, 0.05) is 24.3 Å². The molecule has 0 aliphatic carbocycles. The van der Waals surface area contributed by atoms with Crippen LogP contribution in [0.2, 0.25) is 0 Å². The number of benzene rings is 2. The van der Waals surface area contributed by atoms with Crippen molar-refractivity contribution in [2.45, 2.75) is 46.1 Å². The van der Waals surface area contributed by atoms with Gasteiger partial charge in [-0.05, 0) is 73.7 Å². The highest BCUT2D eigenvalue weighted by molar-refractivity contribution is 6.04. The van der Waals surface area contributed by atoms with Gasteiger partial charge in [0.2, 0.25) is 0 Å². The molecule has 160 valence electrons. The van der Waals surface area contributed by atoms with Crippen molar-refractivity contribution in [3.63, 3.8) is 0 Å². The maximum atomic E-state index is 12.5. The van der Waals surface area contributed by atoms with Crippen LogP contribution in [0.3, 0.4) is 0 Å². The first-order valence-corrected chi connectivity index (χ1v) is 10.9. The first-order valence-electron chi connectivity index (χ1n) is 10.9. The van der Waals surface area contributed by atoms with Crippen LogP contribution in [0.5, 0.6) is 0 Å². The van der Waals surface area contributed by atoms with Crippen molar-refractivity contribution in [3.8, 4) is 0 Å². The van der Waals surface area contributed by atoms with Crippen molar-refractivity contribution in [3.05, 3.63) is 65.2 Å². The molecule has 30 heavy (non-hydrogen) atoms. The van der Waals surface area contributed by atoms with Gasteiger partial charge in [0.25, 0.3) is 5.91 Å². The Balaban J connectivity index is 1.52. The lowest BCUT2D eigenvalue weighted by molar-refractivity contribution is 0.0499. The van der Waals surface area contributed by atoms with Crippen molar-refractivity contribution >= 4 is 17.6 Å². The third-order valence-electron chi connectivity index (χ3n) is 5.47. The first-order chi connectivity index (χ1) is 14.5. The molecule has 1 heterocycles. The van der Waals surface area contributed by atoms with Gasteiger partial charge in [0.15, 0.2) is 0 Å². The van der Waals surface area contributed by atoms with Crippen LogP contribution in [0.25, 0.3) is 0 Å². The number of nitrogens with one attached hydrogen (secondary N) is 1. The van der Waals surface area contributed by atoms with Gasteiger partial charge in [-0.15, -0.1) is 0 Å². The summed E-state index contributed by atoms with van der Waals surface area (Å²) in [5, 5.41) is 2.88. The van der Waals surface area contributed by atoms with E-state index in [9.17, 15) is 9.59 Å². The lowest BCUT2D eigenvalue weighted by Gasteiger charge is -2.30. The van der Waals surface area contributed by atoms with E-state index in [1.165, 1.54) is 18.4 Å². The molecule has 1 aliphatic heterocycles. The molecule has 1 fully saturated rings. The second kappa shape index (κ2) is 10.9. The van der Waals surface area contributed by atoms with E-state index in [0.29, 0.717) is 23.4 Å². The van der Waals surface area contributed by atoms with Crippen molar-refractivity contribution in [2.24, 2.45) is 5.92 Å². The molecule has 2 aromatic rings. The number of carbonyl (C=O) groups excluding carboxylic acids is 2. The molecule has 1 amide bonds. The number of amides is 1. The molecule has 0 saturated carbocycles. The van der Waals surface area contributed by atoms with Gasteiger partial charge < -0.3 is 10.1 Å². The monoisotopic (exact) mass is 408 g/mol. The van der Waals surface area contributed by atoms with Crippen molar-refractivity contribution in [1.29, 1.82) is 0 Å². The molecule has 1 atom stereocenters. The smallest absolute Gasteiger partial charge is 0.338 e. The lowest BCUT2D eigenvalue weighted by atomic mass is 9.99. The highest BCUT2D eigenvalue weighted by Crippen LogP contribution is 2.18. The van der Waals surface area contributed by atoms with Crippen molar-refractivity contribution in [2.75, 3.05) is 25.0 Å². The van der Waals surface area contributed by atoms with E-state index in [-0.39, 0.29) is 11.9 Å². The van der Waals surface area contributed by atoms with Crippen LogP contribution in [0.4, 0.5) is 5.69 Å². The summed E-state index contributed by atoms with van der Waals surface area (Å²) in [4.78, 5) is 27.0. The summed E-state index contributed by atoms with van der Waals surface area (Å²) in [5.74, 6) is 0.264. The van der Waals surface area contributed by atoms with Crippen LogP contribution in [0.1, 0.15) is 65.8 Å². The summed E-state index contributed by atoms with van der Waals surface area (Å²) in [6.07, 6.45) is 4.42. The minimum Gasteiger partial charge on any atom is -0.462 e. The Morgan fingerprint density at radius 1 is 1.07 bits per heavy atom. The summed E-state index contributed by atoms with van der Waals surface area (Å²) in [7, 11) is 0. The molecule has 1 aliphatic rings. The van der Waals surface area contributed by atoms with Gasteiger partial charge in [0.05, 0.1) is 12.2 Å². The number of anilines is 1. The Kier molecular flexibility index (Phi) is 8.03. The fourth-order valence-electron chi connectivity index (χ4n) is 3.74. The van der Waals surface area contributed by atoms with Crippen molar-refractivity contribution < 1.29 is 14.3 Å². The zero-order valence-corrected chi connectivity index (χ0v) is 18.0. The Morgan fingerprint density at radius 2 is 1.77 bits per heavy atom. The summed E-state index contributed by atoms with van der Waals surface area (Å²) < 4.78 is 5.20. The van der Waals surface area contributed by atoms with Crippen molar-refractivity contribution in [1.82, 2.24) is 4.90 Å². The predicted molar refractivity (Wildman–Crippen MR) is 120 cm³/mol. The number of unbranched alkanes of at least 4 members (excludes halogenated alkanes) is 1.